The van der Waals surface area contributed by atoms with Gasteiger partial charge >= 0.3 is 0 Å². The monoisotopic (exact) mass is 341 g/mol. The van der Waals surface area contributed by atoms with Crippen molar-refractivity contribution in [2.45, 2.75) is 52.5 Å². The van der Waals surface area contributed by atoms with Gasteiger partial charge in [-0.2, -0.15) is 0 Å². The summed E-state index contributed by atoms with van der Waals surface area (Å²) in [6, 6.07) is 5.75. The lowest BCUT2D eigenvalue weighted by Crippen LogP contribution is -2.39. The summed E-state index contributed by atoms with van der Waals surface area (Å²) in [6.07, 6.45) is 5.16. The van der Waals surface area contributed by atoms with Crippen LogP contribution in [0.25, 0.3) is 0 Å². The Morgan fingerprint density at radius 1 is 1.40 bits per heavy atom. The highest BCUT2D eigenvalue weighted by molar-refractivity contribution is 9.10. The zero-order valence-electron chi connectivity index (χ0n) is 12.7. The summed E-state index contributed by atoms with van der Waals surface area (Å²) in [5.41, 5.74) is 1.53. The third-order valence-corrected chi connectivity index (χ3v) is 5.33. The molecule has 0 heterocycles. The van der Waals surface area contributed by atoms with Gasteiger partial charge in [-0.05, 0) is 64.3 Å². The summed E-state index contributed by atoms with van der Waals surface area (Å²) >= 11 is 3.32. The first kappa shape index (κ1) is 16.0. The fraction of sp³-hybridized carbons (Fsp3) is 0.647. The summed E-state index contributed by atoms with van der Waals surface area (Å²) in [7, 11) is 0. The highest BCUT2D eigenvalue weighted by Gasteiger charge is 2.37. The van der Waals surface area contributed by atoms with E-state index in [0.29, 0.717) is 21.8 Å². The quantitative estimate of drug-likeness (QED) is 0.767. The molecule has 2 atom stereocenters. The normalized spacial score (nSPS) is 23.6. The van der Waals surface area contributed by atoms with E-state index >= 15 is 0 Å². The maximum absolute atomic E-state index is 13.5. The number of rotatable bonds is 4. The summed E-state index contributed by atoms with van der Waals surface area (Å²) in [5.74, 6) is 0.417. The Labute approximate surface area is 130 Å². The molecule has 0 bridgehead atoms. The van der Waals surface area contributed by atoms with Gasteiger partial charge in [0.2, 0.25) is 0 Å². The molecule has 1 aliphatic rings. The number of hydrogen-bond acceptors (Lipinski definition) is 1. The van der Waals surface area contributed by atoms with E-state index in [1.807, 2.05) is 12.1 Å². The molecule has 2 unspecified atom stereocenters. The van der Waals surface area contributed by atoms with Crippen molar-refractivity contribution in [1.82, 2.24) is 5.32 Å². The molecule has 0 aliphatic heterocycles. The minimum atomic E-state index is -0.188. The van der Waals surface area contributed by atoms with E-state index in [0.717, 1.165) is 6.54 Å². The molecule has 1 aliphatic carbocycles. The van der Waals surface area contributed by atoms with Gasteiger partial charge in [-0.25, -0.2) is 4.39 Å². The number of hydrogen-bond donors (Lipinski definition) is 1. The Morgan fingerprint density at radius 2 is 2.15 bits per heavy atom. The minimum absolute atomic E-state index is 0.188. The van der Waals surface area contributed by atoms with Crippen LogP contribution in [-0.2, 0) is 0 Å². The van der Waals surface area contributed by atoms with Crippen LogP contribution in [0, 0.1) is 17.2 Å². The van der Waals surface area contributed by atoms with Crippen molar-refractivity contribution < 1.29 is 4.39 Å². The van der Waals surface area contributed by atoms with Crippen LogP contribution in [0.15, 0.2) is 22.7 Å². The molecule has 1 saturated carbocycles. The summed E-state index contributed by atoms with van der Waals surface area (Å²) < 4.78 is 14.0. The Kier molecular flexibility index (Phi) is 5.25. The highest BCUT2D eigenvalue weighted by atomic mass is 79.9. The number of benzene rings is 1. The minimum Gasteiger partial charge on any atom is -0.310 e. The zero-order chi connectivity index (χ0) is 14.8. The maximum atomic E-state index is 13.5. The molecule has 0 saturated heterocycles. The molecule has 0 spiro atoms. The molecule has 2 rings (SSSR count). The van der Waals surface area contributed by atoms with Crippen molar-refractivity contribution in [2.24, 2.45) is 11.3 Å². The van der Waals surface area contributed by atoms with Crippen LogP contribution in [0.2, 0.25) is 0 Å². The van der Waals surface area contributed by atoms with Gasteiger partial charge in [0.15, 0.2) is 0 Å². The molecule has 1 aromatic carbocycles. The van der Waals surface area contributed by atoms with Crippen molar-refractivity contribution in [1.29, 1.82) is 0 Å². The van der Waals surface area contributed by atoms with Gasteiger partial charge in [-0.1, -0.05) is 39.7 Å². The van der Waals surface area contributed by atoms with E-state index in [1.165, 1.54) is 31.2 Å². The zero-order valence-corrected chi connectivity index (χ0v) is 14.3. The molecule has 1 aromatic rings. The second-order valence-electron chi connectivity index (χ2n) is 6.55. The number of halogens is 2. The average Bonchev–Trinajstić information content (AvgIpc) is 2.40. The van der Waals surface area contributed by atoms with E-state index in [9.17, 15) is 4.39 Å². The van der Waals surface area contributed by atoms with Crippen LogP contribution in [0.3, 0.4) is 0 Å². The van der Waals surface area contributed by atoms with Gasteiger partial charge in [0.05, 0.1) is 4.47 Å². The van der Waals surface area contributed by atoms with Crippen molar-refractivity contribution in [2.75, 3.05) is 6.54 Å². The lowest BCUT2D eigenvalue weighted by atomic mass is 9.65. The molecule has 0 aromatic heterocycles. The van der Waals surface area contributed by atoms with E-state index in [1.54, 1.807) is 6.07 Å². The van der Waals surface area contributed by atoms with Gasteiger partial charge in [0.25, 0.3) is 0 Å². The smallest absolute Gasteiger partial charge is 0.137 e. The predicted octanol–water partition coefficient (Wildman–Crippen LogP) is 5.46. The number of nitrogens with one attached hydrogen (secondary N) is 1. The predicted molar refractivity (Wildman–Crippen MR) is 86.3 cm³/mol. The SMILES string of the molecule is CCNC(c1ccc(F)c(Br)c1)C1CCCCC1(C)C. The summed E-state index contributed by atoms with van der Waals surface area (Å²) in [5, 5.41) is 3.63. The van der Waals surface area contributed by atoms with E-state index in [-0.39, 0.29) is 5.82 Å². The fourth-order valence-corrected chi connectivity index (χ4v) is 3.95. The van der Waals surface area contributed by atoms with Gasteiger partial charge < -0.3 is 5.32 Å². The van der Waals surface area contributed by atoms with Crippen molar-refractivity contribution in [3.8, 4) is 0 Å². The molecule has 3 heteroatoms. The Hall–Kier alpha value is -0.410. The largest absolute Gasteiger partial charge is 0.310 e. The molecule has 1 fully saturated rings. The maximum Gasteiger partial charge on any atom is 0.137 e. The molecular formula is C17H25BrFN. The Morgan fingerprint density at radius 3 is 2.75 bits per heavy atom. The van der Waals surface area contributed by atoms with Gasteiger partial charge in [0, 0.05) is 6.04 Å². The van der Waals surface area contributed by atoms with Crippen LogP contribution in [-0.4, -0.2) is 6.54 Å². The van der Waals surface area contributed by atoms with Crippen LogP contribution in [0.5, 0.6) is 0 Å². The topological polar surface area (TPSA) is 12.0 Å². The van der Waals surface area contributed by atoms with Gasteiger partial charge in [0.1, 0.15) is 5.82 Å². The average molecular weight is 342 g/mol. The highest BCUT2D eigenvalue weighted by Crippen LogP contribution is 2.47. The standard InChI is InChI=1S/C17H25BrFN/c1-4-20-16(12-8-9-15(19)14(18)11-12)13-7-5-6-10-17(13,2)3/h8-9,11,13,16,20H,4-7,10H2,1-3H3. The summed E-state index contributed by atoms with van der Waals surface area (Å²) in [4.78, 5) is 0. The third kappa shape index (κ3) is 3.43. The van der Waals surface area contributed by atoms with Crippen molar-refractivity contribution in [3.63, 3.8) is 0 Å². The van der Waals surface area contributed by atoms with Crippen LogP contribution < -0.4 is 5.32 Å². The molecule has 0 amide bonds. The van der Waals surface area contributed by atoms with Crippen molar-refractivity contribution in [3.05, 3.63) is 34.1 Å². The Balaban J connectivity index is 2.32. The van der Waals surface area contributed by atoms with Crippen molar-refractivity contribution >= 4 is 15.9 Å². The van der Waals surface area contributed by atoms with Gasteiger partial charge in [-0.15, -0.1) is 0 Å². The Bertz CT molecular complexity index is 458. The van der Waals surface area contributed by atoms with Crippen LogP contribution >= 0.6 is 15.9 Å². The first-order chi connectivity index (χ1) is 9.45. The first-order valence-electron chi connectivity index (χ1n) is 7.64. The molecular weight excluding hydrogens is 317 g/mol. The lowest BCUT2D eigenvalue weighted by molar-refractivity contribution is 0.0988. The van der Waals surface area contributed by atoms with E-state index in [2.05, 4.69) is 42.0 Å². The molecule has 20 heavy (non-hydrogen) atoms. The lowest BCUT2D eigenvalue weighted by Gasteiger charge is -2.43. The van der Waals surface area contributed by atoms with Crippen LogP contribution in [0.4, 0.5) is 4.39 Å². The van der Waals surface area contributed by atoms with Crippen LogP contribution in [0.1, 0.15) is 58.1 Å². The second-order valence-corrected chi connectivity index (χ2v) is 7.40. The fourth-order valence-electron chi connectivity index (χ4n) is 3.56. The molecule has 1 N–H and O–H groups in total. The molecule has 1 nitrogen and oxygen atoms in total. The van der Waals surface area contributed by atoms with E-state index < -0.39 is 0 Å². The molecule has 0 radical (unpaired) electrons. The third-order valence-electron chi connectivity index (χ3n) is 4.72. The molecule has 112 valence electrons. The van der Waals surface area contributed by atoms with E-state index in [4.69, 9.17) is 0 Å². The van der Waals surface area contributed by atoms with Gasteiger partial charge in [-0.3, -0.25) is 0 Å². The first-order valence-corrected chi connectivity index (χ1v) is 8.43. The summed E-state index contributed by atoms with van der Waals surface area (Å²) in [6.45, 7) is 7.83. The second kappa shape index (κ2) is 6.57.